The van der Waals surface area contributed by atoms with Gasteiger partial charge >= 0.3 is 0 Å². The molecule has 1 rings (SSSR count). The zero-order valence-electron chi connectivity index (χ0n) is 7.01. The zero-order valence-corrected chi connectivity index (χ0v) is 8.52. The van der Waals surface area contributed by atoms with Crippen LogP contribution in [-0.4, -0.2) is 5.11 Å². The number of aromatic hydroxyl groups is 1. The molecule has 0 heterocycles. The highest BCUT2D eigenvalue weighted by molar-refractivity contribution is 6.35. The Morgan fingerprint density at radius 1 is 1.46 bits per heavy atom. The van der Waals surface area contributed by atoms with E-state index in [1.165, 1.54) is 6.07 Å². The lowest BCUT2D eigenvalue weighted by atomic mass is 10.1. The molecule has 0 aromatic heterocycles. The topological polar surface area (TPSA) is 58.3 Å². The van der Waals surface area contributed by atoms with Crippen molar-refractivity contribution in [1.29, 1.82) is 0 Å². The fourth-order valence-electron chi connectivity index (χ4n) is 1.01. The van der Waals surface area contributed by atoms with E-state index in [2.05, 4.69) is 5.43 Å². The van der Waals surface area contributed by atoms with Gasteiger partial charge in [-0.15, -0.1) is 0 Å². The second kappa shape index (κ2) is 4.15. The normalized spacial score (nSPS) is 12.9. The van der Waals surface area contributed by atoms with E-state index in [9.17, 15) is 5.11 Å². The summed E-state index contributed by atoms with van der Waals surface area (Å²) in [5.41, 5.74) is 3.08. The average molecular weight is 221 g/mol. The van der Waals surface area contributed by atoms with Crippen molar-refractivity contribution in [2.24, 2.45) is 5.84 Å². The molecule has 72 valence electrons. The molecule has 0 aliphatic rings. The van der Waals surface area contributed by atoms with Crippen molar-refractivity contribution in [3.63, 3.8) is 0 Å². The van der Waals surface area contributed by atoms with Crippen LogP contribution in [0.3, 0.4) is 0 Å². The van der Waals surface area contributed by atoms with Gasteiger partial charge < -0.3 is 5.11 Å². The van der Waals surface area contributed by atoms with Crippen molar-refractivity contribution in [1.82, 2.24) is 5.43 Å². The van der Waals surface area contributed by atoms with E-state index in [1.807, 2.05) is 0 Å². The maximum absolute atomic E-state index is 9.54. The van der Waals surface area contributed by atoms with Crippen molar-refractivity contribution >= 4 is 23.2 Å². The van der Waals surface area contributed by atoms with E-state index >= 15 is 0 Å². The van der Waals surface area contributed by atoms with Crippen LogP contribution in [0.25, 0.3) is 0 Å². The third kappa shape index (κ3) is 2.25. The molecular formula is C8H10Cl2N2O. The SMILES string of the molecule is C[C@H](NN)c1cc(Cl)cc(Cl)c1O. The zero-order chi connectivity index (χ0) is 10.0. The summed E-state index contributed by atoms with van der Waals surface area (Å²) in [6.07, 6.45) is 0. The molecule has 0 bridgehead atoms. The number of halogens is 2. The summed E-state index contributed by atoms with van der Waals surface area (Å²) >= 11 is 11.5. The van der Waals surface area contributed by atoms with Gasteiger partial charge in [-0.1, -0.05) is 23.2 Å². The van der Waals surface area contributed by atoms with Gasteiger partial charge in [-0.05, 0) is 19.1 Å². The summed E-state index contributed by atoms with van der Waals surface area (Å²) in [6, 6.07) is 2.90. The lowest BCUT2D eigenvalue weighted by Gasteiger charge is -2.13. The van der Waals surface area contributed by atoms with Gasteiger partial charge in [0.15, 0.2) is 0 Å². The van der Waals surface area contributed by atoms with Gasteiger partial charge in [-0.25, -0.2) is 0 Å². The molecule has 1 aromatic rings. The molecule has 1 aromatic carbocycles. The van der Waals surface area contributed by atoms with Crippen molar-refractivity contribution in [3.8, 4) is 5.75 Å². The van der Waals surface area contributed by atoms with Gasteiger partial charge in [0, 0.05) is 16.6 Å². The van der Waals surface area contributed by atoms with E-state index in [-0.39, 0.29) is 16.8 Å². The second-order valence-corrected chi connectivity index (χ2v) is 3.56. The molecule has 0 aliphatic carbocycles. The summed E-state index contributed by atoms with van der Waals surface area (Å²) in [6.45, 7) is 1.79. The highest BCUT2D eigenvalue weighted by Crippen LogP contribution is 2.34. The van der Waals surface area contributed by atoms with E-state index < -0.39 is 0 Å². The standard InChI is InChI=1S/C8H10Cl2N2O/c1-4(12-11)6-2-5(9)3-7(10)8(6)13/h2-4,12-13H,11H2,1H3/t4-/m0/s1. The number of nitrogens with two attached hydrogens (primary N) is 1. The Morgan fingerprint density at radius 3 is 2.62 bits per heavy atom. The largest absolute Gasteiger partial charge is 0.506 e. The molecule has 4 N–H and O–H groups in total. The Kier molecular flexibility index (Phi) is 3.39. The molecule has 0 saturated heterocycles. The maximum atomic E-state index is 9.54. The maximum Gasteiger partial charge on any atom is 0.139 e. The number of rotatable bonds is 2. The van der Waals surface area contributed by atoms with Gasteiger partial charge in [0.2, 0.25) is 0 Å². The molecule has 0 spiro atoms. The summed E-state index contributed by atoms with van der Waals surface area (Å²) < 4.78 is 0. The summed E-state index contributed by atoms with van der Waals surface area (Å²) in [5, 5.41) is 10.2. The number of benzene rings is 1. The van der Waals surface area contributed by atoms with Crippen molar-refractivity contribution < 1.29 is 5.11 Å². The molecule has 3 nitrogen and oxygen atoms in total. The molecule has 13 heavy (non-hydrogen) atoms. The Hall–Kier alpha value is -0.480. The number of hydrazine groups is 1. The number of nitrogens with one attached hydrogen (secondary N) is 1. The summed E-state index contributed by atoms with van der Waals surface area (Å²) in [4.78, 5) is 0. The first-order chi connectivity index (χ1) is 6.06. The van der Waals surface area contributed by atoms with Crippen molar-refractivity contribution in [2.45, 2.75) is 13.0 Å². The highest BCUT2D eigenvalue weighted by Gasteiger charge is 2.12. The van der Waals surface area contributed by atoms with Crippen LogP contribution in [0.4, 0.5) is 0 Å². The van der Waals surface area contributed by atoms with E-state index in [1.54, 1.807) is 13.0 Å². The molecule has 0 unspecified atom stereocenters. The van der Waals surface area contributed by atoms with Crippen LogP contribution in [-0.2, 0) is 0 Å². The molecule has 0 aliphatic heterocycles. The van der Waals surface area contributed by atoms with Crippen LogP contribution in [0.15, 0.2) is 12.1 Å². The predicted molar refractivity (Wildman–Crippen MR) is 53.9 cm³/mol. The number of hydrogen-bond donors (Lipinski definition) is 3. The van der Waals surface area contributed by atoms with E-state index in [0.29, 0.717) is 10.6 Å². The lowest BCUT2D eigenvalue weighted by molar-refractivity contribution is 0.455. The van der Waals surface area contributed by atoms with E-state index in [4.69, 9.17) is 29.0 Å². The highest BCUT2D eigenvalue weighted by atomic mass is 35.5. The smallest absolute Gasteiger partial charge is 0.139 e. The monoisotopic (exact) mass is 220 g/mol. The number of phenols is 1. The van der Waals surface area contributed by atoms with Crippen LogP contribution in [0, 0.1) is 0 Å². The van der Waals surface area contributed by atoms with Crippen molar-refractivity contribution in [2.75, 3.05) is 0 Å². The first-order valence-electron chi connectivity index (χ1n) is 3.70. The fourth-order valence-corrected chi connectivity index (χ4v) is 1.51. The third-order valence-corrected chi connectivity index (χ3v) is 2.28. The minimum atomic E-state index is -0.198. The fraction of sp³-hybridized carbons (Fsp3) is 0.250. The Labute approximate surface area is 86.4 Å². The Bertz CT molecular complexity index is 317. The van der Waals surface area contributed by atoms with Crippen LogP contribution in [0.5, 0.6) is 5.75 Å². The second-order valence-electron chi connectivity index (χ2n) is 2.71. The van der Waals surface area contributed by atoms with Crippen LogP contribution < -0.4 is 11.3 Å². The van der Waals surface area contributed by atoms with Gasteiger partial charge in [0.05, 0.1) is 5.02 Å². The molecule has 0 amide bonds. The van der Waals surface area contributed by atoms with Gasteiger partial charge in [-0.3, -0.25) is 11.3 Å². The average Bonchev–Trinajstić information content (AvgIpc) is 2.10. The van der Waals surface area contributed by atoms with Crippen molar-refractivity contribution in [3.05, 3.63) is 27.7 Å². The summed E-state index contributed by atoms with van der Waals surface area (Å²) in [7, 11) is 0. The Morgan fingerprint density at radius 2 is 2.08 bits per heavy atom. The quantitative estimate of drug-likeness (QED) is 0.530. The van der Waals surface area contributed by atoms with Crippen LogP contribution >= 0.6 is 23.2 Å². The molecule has 0 fully saturated rings. The van der Waals surface area contributed by atoms with Gasteiger partial charge in [-0.2, -0.15) is 0 Å². The van der Waals surface area contributed by atoms with Gasteiger partial charge in [0.25, 0.3) is 0 Å². The lowest BCUT2D eigenvalue weighted by Crippen LogP contribution is -2.25. The first kappa shape index (κ1) is 10.6. The molecule has 0 radical (unpaired) electrons. The van der Waals surface area contributed by atoms with Gasteiger partial charge in [0.1, 0.15) is 5.75 Å². The molecule has 1 atom stereocenters. The minimum absolute atomic E-state index is 0.0107. The minimum Gasteiger partial charge on any atom is -0.506 e. The molecular weight excluding hydrogens is 211 g/mol. The third-order valence-electron chi connectivity index (χ3n) is 1.77. The molecule has 5 heteroatoms. The number of hydrogen-bond acceptors (Lipinski definition) is 3. The van der Waals surface area contributed by atoms with Crippen LogP contribution in [0.1, 0.15) is 18.5 Å². The first-order valence-corrected chi connectivity index (χ1v) is 4.46. The Balaban J connectivity index is 3.20. The van der Waals surface area contributed by atoms with E-state index in [0.717, 1.165) is 0 Å². The number of phenolic OH excluding ortho intramolecular Hbond substituents is 1. The predicted octanol–water partition coefficient (Wildman–Crippen LogP) is 2.22. The molecule has 0 saturated carbocycles. The summed E-state index contributed by atoms with van der Waals surface area (Å²) in [5.74, 6) is 5.24. The van der Waals surface area contributed by atoms with Crippen LogP contribution in [0.2, 0.25) is 10.0 Å².